The molecule has 0 atom stereocenters. The fourth-order valence-electron chi connectivity index (χ4n) is 1.38. The zero-order valence-corrected chi connectivity index (χ0v) is 7.70. The molecule has 0 nitrogen and oxygen atoms in total. The number of rotatable bonds is 1. The monoisotopic (exact) mass is 185 g/mol. The summed E-state index contributed by atoms with van der Waals surface area (Å²) < 4.78 is 13.0. The van der Waals surface area contributed by atoms with E-state index in [0.717, 1.165) is 11.1 Å². The van der Waals surface area contributed by atoms with E-state index < -0.39 is 0 Å². The van der Waals surface area contributed by atoms with Gasteiger partial charge in [-0.05, 0) is 35.7 Å². The van der Waals surface area contributed by atoms with Crippen LogP contribution in [0.1, 0.15) is 5.56 Å². The number of benzene rings is 2. The van der Waals surface area contributed by atoms with Crippen LogP contribution in [0, 0.1) is 12.7 Å². The van der Waals surface area contributed by atoms with Gasteiger partial charge in [0.15, 0.2) is 0 Å². The molecule has 0 N–H and O–H groups in total. The Labute approximate surface area is 83.0 Å². The summed E-state index contributed by atoms with van der Waals surface area (Å²) in [6.45, 7) is 3.63. The average Bonchev–Trinajstić information content (AvgIpc) is 2.23. The van der Waals surface area contributed by atoms with Crippen LogP contribution in [0.15, 0.2) is 48.5 Å². The smallest absolute Gasteiger partial charge is 0.126 e. The maximum atomic E-state index is 13.0. The van der Waals surface area contributed by atoms with Gasteiger partial charge in [0, 0.05) is 0 Å². The molecule has 2 aromatic carbocycles. The van der Waals surface area contributed by atoms with Gasteiger partial charge in [0.05, 0.1) is 0 Å². The van der Waals surface area contributed by atoms with Crippen molar-refractivity contribution >= 4 is 0 Å². The van der Waals surface area contributed by atoms with Crippen LogP contribution in [-0.2, 0) is 0 Å². The maximum absolute atomic E-state index is 13.0. The summed E-state index contributed by atoms with van der Waals surface area (Å²) in [5.74, 6) is -0.260. The minimum absolute atomic E-state index is 0.260. The van der Waals surface area contributed by atoms with Crippen molar-refractivity contribution in [3.05, 3.63) is 66.8 Å². The molecule has 1 radical (unpaired) electrons. The third kappa shape index (κ3) is 1.67. The first-order valence-electron chi connectivity index (χ1n) is 4.44. The molecule has 0 heterocycles. The number of hydrogen-bond acceptors (Lipinski definition) is 0. The van der Waals surface area contributed by atoms with E-state index in [1.165, 1.54) is 6.07 Å². The predicted octanol–water partition coefficient (Wildman–Crippen LogP) is 3.67. The summed E-state index contributed by atoms with van der Waals surface area (Å²) in [5, 5.41) is 0. The molecule has 0 aliphatic heterocycles. The molecule has 0 saturated carbocycles. The molecule has 0 saturated heterocycles. The van der Waals surface area contributed by atoms with Gasteiger partial charge < -0.3 is 0 Å². The van der Waals surface area contributed by atoms with Gasteiger partial charge in [0.25, 0.3) is 0 Å². The fraction of sp³-hybridized carbons (Fsp3) is 0. The van der Waals surface area contributed by atoms with Crippen molar-refractivity contribution in [1.82, 2.24) is 0 Å². The van der Waals surface area contributed by atoms with Gasteiger partial charge >= 0.3 is 0 Å². The molecule has 0 fully saturated rings. The molecule has 0 aliphatic rings. The zero-order valence-electron chi connectivity index (χ0n) is 7.70. The fourth-order valence-corrected chi connectivity index (χ4v) is 1.38. The Morgan fingerprint density at radius 3 is 2.21 bits per heavy atom. The second kappa shape index (κ2) is 3.62. The molecule has 0 bridgehead atoms. The third-order valence-corrected chi connectivity index (χ3v) is 2.15. The van der Waals surface area contributed by atoms with Crippen molar-refractivity contribution in [2.24, 2.45) is 0 Å². The van der Waals surface area contributed by atoms with E-state index in [-0.39, 0.29) is 5.82 Å². The summed E-state index contributed by atoms with van der Waals surface area (Å²) in [6, 6.07) is 14.8. The molecular weight excluding hydrogens is 175 g/mol. The van der Waals surface area contributed by atoms with Crippen LogP contribution < -0.4 is 0 Å². The van der Waals surface area contributed by atoms with E-state index in [4.69, 9.17) is 0 Å². The van der Waals surface area contributed by atoms with Crippen LogP contribution in [0.3, 0.4) is 0 Å². The highest BCUT2D eigenvalue weighted by Gasteiger charge is 2.00. The Kier molecular flexibility index (Phi) is 2.32. The zero-order chi connectivity index (χ0) is 9.97. The summed E-state index contributed by atoms with van der Waals surface area (Å²) in [4.78, 5) is 0. The van der Waals surface area contributed by atoms with E-state index in [1.807, 2.05) is 30.3 Å². The van der Waals surface area contributed by atoms with Crippen LogP contribution in [0.4, 0.5) is 4.39 Å². The first kappa shape index (κ1) is 8.95. The lowest BCUT2D eigenvalue weighted by atomic mass is 10.0. The molecule has 14 heavy (non-hydrogen) atoms. The van der Waals surface area contributed by atoms with Crippen LogP contribution >= 0.6 is 0 Å². The summed E-state index contributed by atoms with van der Waals surface area (Å²) in [6.07, 6.45) is 0. The first-order chi connectivity index (χ1) is 6.77. The largest absolute Gasteiger partial charge is 0.207 e. The molecule has 1 heteroatoms. The normalized spacial score (nSPS) is 10.1. The van der Waals surface area contributed by atoms with Gasteiger partial charge in [-0.1, -0.05) is 36.4 Å². The molecule has 69 valence electrons. The van der Waals surface area contributed by atoms with E-state index in [2.05, 4.69) is 6.92 Å². The molecule has 0 spiro atoms. The highest BCUT2D eigenvalue weighted by molar-refractivity contribution is 5.64. The maximum Gasteiger partial charge on any atom is 0.126 e. The number of hydrogen-bond donors (Lipinski definition) is 0. The van der Waals surface area contributed by atoms with Gasteiger partial charge in [-0.2, -0.15) is 0 Å². The van der Waals surface area contributed by atoms with Gasteiger partial charge in [-0.15, -0.1) is 0 Å². The van der Waals surface area contributed by atoms with E-state index in [1.54, 1.807) is 12.1 Å². The highest BCUT2D eigenvalue weighted by Crippen LogP contribution is 2.21. The van der Waals surface area contributed by atoms with Crippen LogP contribution in [-0.4, -0.2) is 0 Å². The van der Waals surface area contributed by atoms with Gasteiger partial charge in [0.1, 0.15) is 5.82 Å². The van der Waals surface area contributed by atoms with Crippen molar-refractivity contribution in [1.29, 1.82) is 0 Å². The quantitative estimate of drug-likeness (QED) is 0.635. The van der Waals surface area contributed by atoms with Crippen LogP contribution in [0.25, 0.3) is 11.1 Å². The molecule has 0 aliphatic carbocycles. The summed E-state index contributed by atoms with van der Waals surface area (Å²) in [7, 11) is 0. The molecule has 2 rings (SSSR count). The van der Waals surface area contributed by atoms with Crippen molar-refractivity contribution < 1.29 is 4.39 Å². The predicted molar refractivity (Wildman–Crippen MR) is 56.3 cm³/mol. The SMILES string of the molecule is [CH2]c1cc(-c2ccccc2)ccc1F. The second-order valence-electron chi connectivity index (χ2n) is 3.17. The Balaban J connectivity index is 2.48. The van der Waals surface area contributed by atoms with Gasteiger partial charge in [0.2, 0.25) is 0 Å². The summed E-state index contributed by atoms with van der Waals surface area (Å²) >= 11 is 0. The van der Waals surface area contributed by atoms with Gasteiger partial charge in [-0.3, -0.25) is 0 Å². The van der Waals surface area contributed by atoms with Crippen LogP contribution in [0.5, 0.6) is 0 Å². The second-order valence-corrected chi connectivity index (χ2v) is 3.17. The highest BCUT2D eigenvalue weighted by atomic mass is 19.1. The molecule has 0 aromatic heterocycles. The lowest BCUT2D eigenvalue weighted by Crippen LogP contribution is -1.83. The standard InChI is InChI=1S/C13H10F/c1-10-9-12(7-8-13(10)14)11-5-3-2-4-6-11/h2-9H,1H2. The van der Waals surface area contributed by atoms with E-state index in [9.17, 15) is 4.39 Å². The minimum atomic E-state index is -0.260. The Morgan fingerprint density at radius 2 is 1.57 bits per heavy atom. The van der Waals surface area contributed by atoms with Crippen molar-refractivity contribution in [3.63, 3.8) is 0 Å². The first-order valence-corrected chi connectivity index (χ1v) is 4.44. The summed E-state index contributed by atoms with van der Waals surface area (Å²) in [5.41, 5.74) is 2.51. The third-order valence-electron chi connectivity index (χ3n) is 2.15. The Morgan fingerprint density at radius 1 is 0.857 bits per heavy atom. The van der Waals surface area contributed by atoms with E-state index >= 15 is 0 Å². The molecule has 2 aromatic rings. The lowest BCUT2D eigenvalue weighted by molar-refractivity contribution is 0.623. The Hall–Kier alpha value is -1.63. The van der Waals surface area contributed by atoms with Crippen molar-refractivity contribution in [3.8, 4) is 11.1 Å². The van der Waals surface area contributed by atoms with Crippen LogP contribution in [0.2, 0.25) is 0 Å². The Bertz CT molecular complexity index is 432. The van der Waals surface area contributed by atoms with Gasteiger partial charge in [-0.25, -0.2) is 4.39 Å². The molecular formula is C13H10F. The van der Waals surface area contributed by atoms with Crippen molar-refractivity contribution in [2.45, 2.75) is 0 Å². The molecule has 0 unspecified atom stereocenters. The minimum Gasteiger partial charge on any atom is -0.207 e. The number of halogens is 1. The molecule has 0 amide bonds. The topological polar surface area (TPSA) is 0 Å². The lowest BCUT2D eigenvalue weighted by Gasteiger charge is -2.02. The average molecular weight is 185 g/mol. The van der Waals surface area contributed by atoms with E-state index in [0.29, 0.717) is 5.56 Å². The van der Waals surface area contributed by atoms with Crippen molar-refractivity contribution in [2.75, 3.05) is 0 Å².